The Morgan fingerprint density at radius 1 is 1.02 bits per heavy atom. The number of nitrogens with zero attached hydrogens (tertiary/aromatic N) is 3. The fourth-order valence-corrected chi connectivity index (χ4v) is 5.92. The Hall–Kier alpha value is -3.87. The van der Waals surface area contributed by atoms with E-state index in [4.69, 9.17) is 4.74 Å². The number of aromatic nitrogens is 1. The average Bonchev–Trinajstić information content (AvgIpc) is 3.20. The first-order chi connectivity index (χ1) is 19.3. The lowest BCUT2D eigenvalue weighted by atomic mass is 9.81. The molecule has 2 amide bonds. The summed E-state index contributed by atoms with van der Waals surface area (Å²) >= 11 is 0. The summed E-state index contributed by atoms with van der Waals surface area (Å²) in [6.07, 6.45) is 8.72. The number of likely N-dealkylation sites (N-methyl/N-ethyl adjacent to an activating group) is 2. The number of carbonyl (C=O) groups is 3. The molecule has 212 valence electrons. The number of aldehydes is 1. The lowest BCUT2D eigenvalue weighted by Crippen LogP contribution is -2.38. The molecule has 0 unspecified atom stereocenters. The van der Waals surface area contributed by atoms with Gasteiger partial charge in [0.1, 0.15) is 12.0 Å². The maximum atomic E-state index is 13.7. The highest BCUT2D eigenvalue weighted by atomic mass is 16.5. The maximum absolute atomic E-state index is 13.7. The van der Waals surface area contributed by atoms with E-state index in [9.17, 15) is 14.4 Å². The zero-order chi connectivity index (χ0) is 29.0. The number of fused-ring (bicyclic) bond motifs is 5. The van der Waals surface area contributed by atoms with Crippen LogP contribution in [0.1, 0.15) is 73.4 Å². The number of hydrogen-bond donors (Lipinski definition) is 0. The van der Waals surface area contributed by atoms with E-state index in [2.05, 4.69) is 16.7 Å². The minimum absolute atomic E-state index is 0.00393. The summed E-state index contributed by atoms with van der Waals surface area (Å²) in [6.45, 7) is 4.34. The summed E-state index contributed by atoms with van der Waals surface area (Å²) in [5.41, 5.74) is 6.52. The van der Waals surface area contributed by atoms with Crippen molar-refractivity contribution in [1.29, 1.82) is 0 Å². The van der Waals surface area contributed by atoms with Crippen molar-refractivity contribution < 1.29 is 19.1 Å². The first-order valence-corrected chi connectivity index (χ1v) is 14.3. The van der Waals surface area contributed by atoms with Crippen molar-refractivity contribution in [3.63, 3.8) is 0 Å². The minimum Gasteiger partial charge on any atom is -0.497 e. The summed E-state index contributed by atoms with van der Waals surface area (Å²) in [7, 11) is 6.67. The van der Waals surface area contributed by atoms with E-state index in [1.54, 1.807) is 28.3 Å². The molecule has 1 aromatic heterocycles. The first kappa shape index (κ1) is 29.1. The Bertz CT molecular complexity index is 1440. The van der Waals surface area contributed by atoms with Crippen LogP contribution in [0.25, 0.3) is 28.2 Å². The lowest BCUT2D eigenvalue weighted by Gasteiger charge is -2.24. The fraction of sp³-hybridized carbons (Fsp3) is 0.424. The number of rotatable bonds is 6. The molecule has 0 N–H and O–H groups in total. The van der Waals surface area contributed by atoms with Crippen LogP contribution in [-0.4, -0.2) is 67.3 Å². The molecule has 2 aromatic carbocycles. The van der Waals surface area contributed by atoms with Crippen LogP contribution in [0, 0.1) is 0 Å². The summed E-state index contributed by atoms with van der Waals surface area (Å²) in [6, 6.07) is 11.9. The van der Waals surface area contributed by atoms with Crippen LogP contribution in [0.5, 0.6) is 5.75 Å². The summed E-state index contributed by atoms with van der Waals surface area (Å²) < 4.78 is 7.75. The number of benzene rings is 2. The van der Waals surface area contributed by atoms with Gasteiger partial charge in [-0.3, -0.25) is 14.4 Å². The molecule has 2 heterocycles. The summed E-state index contributed by atoms with van der Waals surface area (Å²) in [5, 5.41) is 1.14. The van der Waals surface area contributed by atoms with E-state index in [0.717, 1.165) is 52.6 Å². The molecule has 3 aromatic rings. The topological polar surface area (TPSA) is 71.8 Å². The molecule has 7 nitrogen and oxygen atoms in total. The third kappa shape index (κ3) is 5.55. The van der Waals surface area contributed by atoms with Crippen LogP contribution >= 0.6 is 0 Å². The number of ether oxygens (including phenoxy) is 1. The quantitative estimate of drug-likeness (QED) is 0.350. The van der Waals surface area contributed by atoms with Gasteiger partial charge in [-0.25, -0.2) is 0 Å². The molecule has 0 spiro atoms. The summed E-state index contributed by atoms with van der Waals surface area (Å²) in [4.78, 5) is 40.8. The molecule has 1 aliphatic heterocycles. The van der Waals surface area contributed by atoms with E-state index in [1.807, 2.05) is 44.2 Å². The van der Waals surface area contributed by atoms with Crippen molar-refractivity contribution in [2.75, 3.05) is 34.8 Å². The van der Waals surface area contributed by atoms with E-state index in [-0.39, 0.29) is 18.4 Å². The van der Waals surface area contributed by atoms with Crippen LogP contribution in [0.4, 0.5) is 0 Å². The second-order valence-electron chi connectivity index (χ2n) is 10.6. The molecule has 0 bridgehead atoms. The van der Waals surface area contributed by atoms with Gasteiger partial charge in [-0.05, 0) is 60.2 Å². The van der Waals surface area contributed by atoms with Gasteiger partial charge in [-0.15, -0.1) is 0 Å². The van der Waals surface area contributed by atoms with Crippen molar-refractivity contribution in [3.8, 4) is 17.0 Å². The van der Waals surface area contributed by atoms with Crippen molar-refractivity contribution in [1.82, 2.24) is 14.4 Å². The SMILES string of the molecule is CC.COc1ccc2c(c1)C=C(C(=O)N(C)CC(=O)N(C)C)Cn1c-2c(C2CCCCC2)c2ccc(C=O)cc21. The van der Waals surface area contributed by atoms with E-state index >= 15 is 0 Å². The third-order valence-corrected chi connectivity index (χ3v) is 7.94. The molecule has 40 heavy (non-hydrogen) atoms. The van der Waals surface area contributed by atoms with Crippen molar-refractivity contribution in [2.45, 2.75) is 58.4 Å². The predicted octanol–water partition coefficient (Wildman–Crippen LogP) is 6.15. The van der Waals surface area contributed by atoms with Gasteiger partial charge in [0.05, 0.1) is 25.9 Å². The van der Waals surface area contributed by atoms with Gasteiger partial charge in [0.25, 0.3) is 5.91 Å². The molecule has 0 saturated heterocycles. The molecule has 0 atom stereocenters. The van der Waals surface area contributed by atoms with Gasteiger partial charge in [-0.1, -0.05) is 45.2 Å². The highest BCUT2D eigenvalue weighted by molar-refractivity contribution is 6.03. The first-order valence-electron chi connectivity index (χ1n) is 14.3. The minimum atomic E-state index is -0.200. The van der Waals surface area contributed by atoms with Crippen molar-refractivity contribution in [2.24, 2.45) is 0 Å². The average molecular weight is 544 g/mol. The molecular formula is C33H41N3O4. The molecular weight excluding hydrogens is 502 g/mol. The number of hydrogen-bond acceptors (Lipinski definition) is 4. The van der Waals surface area contributed by atoms with Crippen molar-refractivity contribution >= 4 is 35.1 Å². The fourth-order valence-electron chi connectivity index (χ4n) is 5.92. The third-order valence-electron chi connectivity index (χ3n) is 7.94. The van der Waals surface area contributed by atoms with Crippen LogP contribution in [0.2, 0.25) is 0 Å². The Morgan fingerprint density at radius 3 is 2.40 bits per heavy atom. The Kier molecular flexibility index (Phi) is 9.13. The van der Waals surface area contributed by atoms with Gasteiger partial charge >= 0.3 is 0 Å². The van der Waals surface area contributed by atoms with E-state index < -0.39 is 0 Å². The molecule has 5 rings (SSSR count). The zero-order valence-corrected chi connectivity index (χ0v) is 24.6. The van der Waals surface area contributed by atoms with Crippen LogP contribution in [0.3, 0.4) is 0 Å². The van der Waals surface area contributed by atoms with Gasteiger partial charge < -0.3 is 19.1 Å². The maximum Gasteiger partial charge on any atom is 0.251 e. The number of amides is 2. The molecule has 7 heteroatoms. The summed E-state index contributed by atoms with van der Waals surface area (Å²) in [5.74, 6) is 0.793. The Labute approximate surface area is 237 Å². The molecule has 2 aliphatic rings. The largest absolute Gasteiger partial charge is 0.497 e. The van der Waals surface area contributed by atoms with Crippen LogP contribution in [-0.2, 0) is 16.1 Å². The van der Waals surface area contributed by atoms with Crippen LogP contribution < -0.4 is 4.74 Å². The zero-order valence-electron chi connectivity index (χ0n) is 24.6. The molecule has 0 radical (unpaired) electrons. The lowest BCUT2D eigenvalue weighted by molar-refractivity contribution is -0.136. The smallest absolute Gasteiger partial charge is 0.251 e. The van der Waals surface area contributed by atoms with Gasteiger partial charge in [0.15, 0.2) is 0 Å². The van der Waals surface area contributed by atoms with Gasteiger partial charge in [0, 0.05) is 48.7 Å². The normalized spacial score (nSPS) is 14.6. The van der Waals surface area contributed by atoms with Crippen molar-refractivity contribution in [3.05, 3.63) is 58.7 Å². The highest BCUT2D eigenvalue weighted by Crippen LogP contribution is 2.47. The van der Waals surface area contributed by atoms with E-state index in [1.165, 1.54) is 34.6 Å². The molecule has 1 aliphatic carbocycles. The second-order valence-corrected chi connectivity index (χ2v) is 10.6. The monoisotopic (exact) mass is 543 g/mol. The molecule has 1 fully saturated rings. The standard InChI is InChI=1S/C31H35N3O4.C2H6/c1-32(2)28(36)18-33(3)31(37)23-15-22-16-24(38-4)11-13-25(22)30-29(21-8-6-5-7-9-21)26-12-10-20(19-35)14-27(26)34(30)17-23;1-2/h10-16,19,21H,5-9,17-18H2,1-4H3;1-2H3. The number of carbonyl (C=O) groups excluding carboxylic acids is 3. The van der Waals surface area contributed by atoms with Gasteiger partial charge in [0.2, 0.25) is 5.91 Å². The van der Waals surface area contributed by atoms with Gasteiger partial charge in [-0.2, -0.15) is 0 Å². The Morgan fingerprint density at radius 2 is 1.75 bits per heavy atom. The van der Waals surface area contributed by atoms with E-state index in [0.29, 0.717) is 23.6 Å². The Balaban J connectivity index is 0.00000181. The number of methoxy groups -OCH3 is 1. The second kappa shape index (κ2) is 12.5. The predicted molar refractivity (Wildman–Crippen MR) is 161 cm³/mol. The highest BCUT2D eigenvalue weighted by Gasteiger charge is 2.31. The molecule has 1 saturated carbocycles. The van der Waals surface area contributed by atoms with Crippen LogP contribution in [0.15, 0.2) is 42.0 Å².